The summed E-state index contributed by atoms with van der Waals surface area (Å²) in [6.45, 7) is 31.0. The normalized spacial score (nSPS) is 24.8. The molecule has 3 heterocycles. The van der Waals surface area contributed by atoms with E-state index in [0.717, 1.165) is 54.1 Å². The highest BCUT2D eigenvalue weighted by Crippen LogP contribution is 2.62. The topological polar surface area (TPSA) is 6.48 Å². The van der Waals surface area contributed by atoms with Crippen LogP contribution in [0.3, 0.4) is 0 Å². The third kappa shape index (κ3) is 6.15. The lowest BCUT2D eigenvalue weighted by Gasteiger charge is -2.46. The number of anilines is 6. The maximum absolute atomic E-state index is 9.52. The van der Waals surface area contributed by atoms with Crippen LogP contribution in [0.15, 0.2) is 109 Å². The fourth-order valence-corrected chi connectivity index (χ4v) is 15.9. The number of thiophene rings is 1. The van der Waals surface area contributed by atoms with Crippen molar-refractivity contribution in [1.29, 1.82) is 0 Å². The Bertz CT molecular complexity index is 3640. The maximum atomic E-state index is 9.52. The van der Waals surface area contributed by atoms with Crippen molar-refractivity contribution >= 4 is 78.0 Å². The molecule has 2 aliphatic heterocycles. The largest absolute Gasteiger partial charge is 0.311 e. The monoisotopic (exact) mass is 928 g/mol. The van der Waals surface area contributed by atoms with Crippen molar-refractivity contribution in [3.63, 3.8) is 0 Å². The molecule has 0 radical (unpaired) electrons. The third-order valence-corrected chi connectivity index (χ3v) is 20.1. The quantitative estimate of drug-likeness (QED) is 0.163. The van der Waals surface area contributed by atoms with E-state index in [4.69, 9.17) is 4.11 Å². The van der Waals surface area contributed by atoms with Gasteiger partial charge in [-0.2, -0.15) is 0 Å². The van der Waals surface area contributed by atoms with Gasteiger partial charge in [0.1, 0.15) is 0 Å². The number of hydrogen-bond acceptors (Lipinski definition) is 3. The van der Waals surface area contributed by atoms with Crippen LogP contribution in [0.5, 0.6) is 0 Å². The second-order valence-corrected chi connectivity index (χ2v) is 27.6. The third-order valence-electron chi connectivity index (χ3n) is 19.0. The number of fused-ring (bicyclic) bond motifs is 13. The van der Waals surface area contributed by atoms with Gasteiger partial charge in [0.05, 0.1) is 11.9 Å². The van der Waals surface area contributed by atoms with Gasteiger partial charge in [-0.25, -0.2) is 0 Å². The minimum absolute atomic E-state index is 0.0268. The summed E-state index contributed by atoms with van der Waals surface area (Å²) in [7, 11) is 0. The van der Waals surface area contributed by atoms with Gasteiger partial charge >= 0.3 is 0 Å². The Morgan fingerprint density at radius 3 is 1.62 bits per heavy atom. The SMILES string of the molecule is [2H]c1c([2H])c([2H])c(-c2cc3c4c(c2)N(c2ccc5c(c2)C(C)(C)CCC5(C)C)c2sc5cc6c(cc5c2B4c2cc(C(C)(C)C)ccc2N3c2ccc3c(c2)C(C)(C)CCC3(C)C)C2(C)CCC6(C)C2)c([2H])c1[2H]. The first-order chi connectivity index (χ1) is 34.6. The fourth-order valence-electron chi connectivity index (χ4n) is 14.6. The molecule has 2 nitrogen and oxygen atoms in total. The van der Waals surface area contributed by atoms with Gasteiger partial charge in [-0.05, 0) is 209 Å². The lowest BCUT2D eigenvalue weighted by atomic mass is 9.33. The van der Waals surface area contributed by atoms with Crippen LogP contribution in [-0.4, -0.2) is 6.71 Å². The Kier molecular flexibility index (Phi) is 7.77. The van der Waals surface area contributed by atoms with Gasteiger partial charge in [-0.3, -0.25) is 0 Å². The fraction of sp³-hybridized carbons (Fsp3) is 0.415. The van der Waals surface area contributed by atoms with E-state index >= 15 is 0 Å². The summed E-state index contributed by atoms with van der Waals surface area (Å²) in [5.74, 6) is 0. The molecule has 350 valence electrons. The van der Waals surface area contributed by atoms with Crippen molar-refractivity contribution in [1.82, 2.24) is 0 Å². The van der Waals surface area contributed by atoms with E-state index in [2.05, 4.69) is 179 Å². The number of rotatable bonds is 3. The molecular weight excluding hydrogens is 852 g/mol. The standard InChI is InChI=1S/C65H71BN2S/c1-59(2,3)41-19-24-52-51(33-41)66-56-44-36-49-50(65(13)30-29-64(49,12)38-65)37-55(44)69-58(56)68(43-21-23-46-48(35-43)63(10,11)28-26-61(46,6)7)54-32-40(39-17-15-14-16-18-39)31-53(57(54)66)67(52)42-20-22-45-47(34-42)62(8,9)27-25-60(45,4)5/h14-24,31-37H,25-30,38H2,1-13H3/i14D,15D,16D,17D,18D. The summed E-state index contributed by atoms with van der Waals surface area (Å²) in [5, 5.41) is 2.53. The van der Waals surface area contributed by atoms with Crippen LogP contribution in [0.1, 0.15) is 181 Å². The van der Waals surface area contributed by atoms with Gasteiger partial charge in [0.15, 0.2) is 0 Å². The molecule has 4 heteroatoms. The maximum Gasteiger partial charge on any atom is 0.254 e. The highest BCUT2D eigenvalue weighted by Gasteiger charge is 2.54. The number of benzene rings is 6. The number of nitrogens with zero attached hydrogens (tertiary/aromatic N) is 2. The van der Waals surface area contributed by atoms with Crippen molar-refractivity contribution in [3.05, 3.63) is 148 Å². The van der Waals surface area contributed by atoms with Gasteiger partial charge in [0.25, 0.3) is 6.71 Å². The smallest absolute Gasteiger partial charge is 0.254 e. The second kappa shape index (κ2) is 13.9. The van der Waals surface area contributed by atoms with E-state index in [1.807, 2.05) is 11.3 Å². The number of hydrogen-bond donors (Lipinski definition) is 0. The summed E-state index contributed by atoms with van der Waals surface area (Å²) >= 11 is 1.91. The molecule has 6 aliphatic rings. The van der Waals surface area contributed by atoms with Gasteiger partial charge in [0.2, 0.25) is 0 Å². The van der Waals surface area contributed by atoms with Gasteiger partial charge in [-0.15, -0.1) is 11.3 Å². The second-order valence-electron chi connectivity index (χ2n) is 26.6. The lowest BCUT2D eigenvalue weighted by Crippen LogP contribution is -2.61. The van der Waals surface area contributed by atoms with Gasteiger partial charge in [0, 0.05) is 33.1 Å². The van der Waals surface area contributed by atoms with E-state index in [1.54, 1.807) is 0 Å². The van der Waals surface area contributed by atoms with Crippen molar-refractivity contribution in [2.75, 3.05) is 9.80 Å². The van der Waals surface area contributed by atoms with Crippen LogP contribution < -0.4 is 26.2 Å². The van der Waals surface area contributed by atoms with Crippen LogP contribution in [-0.2, 0) is 37.9 Å². The first-order valence-electron chi connectivity index (χ1n) is 28.5. The van der Waals surface area contributed by atoms with Crippen molar-refractivity contribution in [3.8, 4) is 11.1 Å². The minimum atomic E-state index is -0.382. The molecule has 2 unspecified atom stereocenters. The summed E-state index contributed by atoms with van der Waals surface area (Å²) in [6, 6.07) is 29.7. The molecule has 0 N–H and O–H groups in total. The van der Waals surface area contributed by atoms with Crippen LogP contribution in [0.25, 0.3) is 21.2 Å². The van der Waals surface area contributed by atoms with E-state index in [0.29, 0.717) is 5.56 Å². The van der Waals surface area contributed by atoms with Gasteiger partial charge < -0.3 is 9.80 Å². The Labute approximate surface area is 424 Å². The molecule has 6 aromatic carbocycles. The van der Waals surface area contributed by atoms with Crippen LogP contribution >= 0.6 is 11.3 Å². The molecule has 2 atom stereocenters. The zero-order chi connectivity index (χ0) is 52.5. The molecule has 69 heavy (non-hydrogen) atoms. The predicted molar refractivity (Wildman–Crippen MR) is 299 cm³/mol. The molecule has 2 bridgehead atoms. The molecule has 0 amide bonds. The average Bonchev–Trinajstić information content (AvgIpc) is 3.95. The van der Waals surface area contributed by atoms with E-state index in [9.17, 15) is 2.74 Å². The first kappa shape index (κ1) is 38.7. The van der Waals surface area contributed by atoms with Crippen LogP contribution in [0.2, 0.25) is 0 Å². The van der Waals surface area contributed by atoms with Crippen LogP contribution in [0.4, 0.5) is 33.4 Å². The van der Waals surface area contributed by atoms with Crippen molar-refractivity contribution in [2.24, 2.45) is 0 Å². The Balaban J connectivity index is 1.20. The summed E-state index contributed by atoms with van der Waals surface area (Å²) in [5.41, 5.74) is 19.9. The molecule has 1 fully saturated rings. The predicted octanol–water partition coefficient (Wildman–Crippen LogP) is 16.4. The highest BCUT2D eigenvalue weighted by atomic mass is 32.1. The molecule has 0 spiro atoms. The molecule has 7 aromatic rings. The zero-order valence-electron chi connectivity index (χ0n) is 48.3. The summed E-state index contributed by atoms with van der Waals surface area (Å²) in [6.07, 6.45) is 8.04. The average molecular weight is 928 g/mol. The van der Waals surface area contributed by atoms with Crippen LogP contribution in [0, 0.1) is 0 Å². The van der Waals surface area contributed by atoms with Crippen molar-refractivity contribution < 1.29 is 6.85 Å². The zero-order valence-corrected chi connectivity index (χ0v) is 44.2. The Morgan fingerprint density at radius 1 is 0.507 bits per heavy atom. The summed E-state index contributed by atoms with van der Waals surface area (Å²) < 4.78 is 47.0. The molecule has 1 saturated carbocycles. The lowest BCUT2D eigenvalue weighted by molar-refractivity contribution is 0.332. The summed E-state index contributed by atoms with van der Waals surface area (Å²) in [4.78, 5) is 5.01. The molecule has 0 saturated heterocycles. The molecular formula is C65H71BN2S. The Morgan fingerprint density at radius 2 is 1.04 bits per heavy atom. The Hall–Kier alpha value is -5.06. The molecule has 1 aromatic heterocycles. The first-order valence-corrected chi connectivity index (χ1v) is 26.8. The molecule has 13 rings (SSSR count). The van der Waals surface area contributed by atoms with E-state index in [1.165, 1.54) is 89.7 Å². The van der Waals surface area contributed by atoms with E-state index < -0.39 is 0 Å². The minimum Gasteiger partial charge on any atom is -0.311 e. The molecule has 4 aliphatic carbocycles. The van der Waals surface area contributed by atoms with Gasteiger partial charge in [-0.1, -0.05) is 144 Å². The van der Waals surface area contributed by atoms with Crippen molar-refractivity contribution in [2.45, 2.75) is 173 Å². The highest BCUT2D eigenvalue weighted by molar-refractivity contribution is 7.26. The van der Waals surface area contributed by atoms with E-state index in [-0.39, 0.29) is 80.4 Å².